The first-order valence-corrected chi connectivity index (χ1v) is 17.7. The zero-order valence-corrected chi connectivity index (χ0v) is 28.6. The monoisotopic (exact) mass is 677 g/mol. The first kappa shape index (κ1) is 30.5. The molecule has 0 unspecified atom stereocenters. The fourth-order valence-electron chi connectivity index (χ4n) is 7.81. The zero-order valence-electron chi connectivity index (χ0n) is 28.6. The molecule has 8 aromatic carbocycles. The van der Waals surface area contributed by atoms with E-state index in [1.54, 1.807) is 0 Å². The average Bonchev–Trinajstić information content (AvgIpc) is 3.78. The molecule has 0 saturated heterocycles. The van der Waals surface area contributed by atoms with Crippen molar-refractivity contribution in [1.82, 2.24) is 4.57 Å². The van der Waals surface area contributed by atoms with Crippen LogP contribution < -0.4 is 4.90 Å². The lowest BCUT2D eigenvalue weighted by molar-refractivity contribution is 0.670. The van der Waals surface area contributed by atoms with E-state index in [2.05, 4.69) is 173 Å². The van der Waals surface area contributed by atoms with Gasteiger partial charge in [-0.3, -0.25) is 0 Å². The minimum atomic E-state index is 0.644. The maximum absolute atomic E-state index is 9.66. The Balaban J connectivity index is 1.19. The van der Waals surface area contributed by atoms with E-state index in [9.17, 15) is 5.26 Å². The number of aromatic nitrogens is 1. The minimum Gasteiger partial charge on any atom is -0.455 e. The Hall–Kier alpha value is -7.35. The molecule has 0 saturated carbocycles. The minimum absolute atomic E-state index is 0.644. The predicted molar refractivity (Wildman–Crippen MR) is 218 cm³/mol. The highest BCUT2D eigenvalue weighted by Gasteiger charge is 2.22. The van der Waals surface area contributed by atoms with Crippen LogP contribution in [0, 0.1) is 11.3 Å². The highest BCUT2D eigenvalue weighted by molar-refractivity contribution is 6.17. The molecule has 53 heavy (non-hydrogen) atoms. The number of rotatable bonds is 6. The summed E-state index contributed by atoms with van der Waals surface area (Å²) < 4.78 is 8.76. The summed E-state index contributed by atoms with van der Waals surface area (Å²) in [6, 6.07) is 67.9. The van der Waals surface area contributed by atoms with Gasteiger partial charge in [-0.2, -0.15) is 5.26 Å². The van der Waals surface area contributed by atoms with Crippen molar-refractivity contribution in [3.63, 3.8) is 0 Å². The summed E-state index contributed by atoms with van der Waals surface area (Å²) in [7, 11) is 0. The highest BCUT2D eigenvalue weighted by Crippen LogP contribution is 2.45. The fourth-order valence-corrected chi connectivity index (χ4v) is 7.81. The first-order chi connectivity index (χ1) is 26.2. The molecule has 0 aliphatic rings. The van der Waals surface area contributed by atoms with Crippen molar-refractivity contribution in [2.45, 2.75) is 0 Å². The molecule has 0 spiro atoms. The Labute approximate surface area is 306 Å². The molecule has 10 aromatic rings. The van der Waals surface area contributed by atoms with Gasteiger partial charge in [0.15, 0.2) is 0 Å². The molecular formula is C49H31N3O. The smallest absolute Gasteiger partial charge is 0.143 e. The van der Waals surface area contributed by atoms with E-state index in [1.165, 1.54) is 0 Å². The topological polar surface area (TPSA) is 45.1 Å². The molecular weight excluding hydrogens is 647 g/mol. The van der Waals surface area contributed by atoms with Gasteiger partial charge in [0, 0.05) is 44.2 Å². The summed E-state index contributed by atoms with van der Waals surface area (Å²) in [5.41, 5.74) is 13.2. The number of hydrogen-bond donors (Lipinski definition) is 0. The van der Waals surface area contributed by atoms with Gasteiger partial charge in [0.1, 0.15) is 11.2 Å². The van der Waals surface area contributed by atoms with Crippen LogP contribution in [0.25, 0.3) is 71.7 Å². The molecule has 0 aliphatic heterocycles. The van der Waals surface area contributed by atoms with Crippen molar-refractivity contribution in [1.29, 1.82) is 5.26 Å². The second-order valence-corrected chi connectivity index (χ2v) is 13.3. The lowest BCUT2D eigenvalue weighted by Gasteiger charge is -2.26. The molecule has 0 atom stereocenters. The Morgan fingerprint density at radius 3 is 2.00 bits per heavy atom. The van der Waals surface area contributed by atoms with Crippen LogP contribution in [-0.2, 0) is 0 Å². The maximum Gasteiger partial charge on any atom is 0.143 e. The van der Waals surface area contributed by atoms with Crippen LogP contribution in [0.15, 0.2) is 192 Å². The number of fused-ring (bicyclic) bond motifs is 6. The SMILES string of the molecule is N#Cc1cccc(-c2ccc3c(c2)c2c(N(c4ccccc4)c4ccc(-c5cccc6c5oc5ccccc56)cc4)cccc2n3-c2ccccc2)c1. The van der Waals surface area contributed by atoms with E-state index in [0.29, 0.717) is 5.56 Å². The van der Waals surface area contributed by atoms with Crippen LogP contribution in [-0.4, -0.2) is 4.57 Å². The van der Waals surface area contributed by atoms with Crippen LogP contribution in [0.1, 0.15) is 5.56 Å². The van der Waals surface area contributed by atoms with Gasteiger partial charge in [-0.15, -0.1) is 0 Å². The molecule has 2 aromatic heterocycles. The van der Waals surface area contributed by atoms with Gasteiger partial charge in [0.05, 0.1) is 28.4 Å². The van der Waals surface area contributed by atoms with Gasteiger partial charge >= 0.3 is 0 Å². The molecule has 10 rings (SSSR count). The quantitative estimate of drug-likeness (QED) is 0.176. The molecule has 0 amide bonds. The van der Waals surface area contributed by atoms with Crippen molar-refractivity contribution >= 4 is 60.8 Å². The van der Waals surface area contributed by atoms with Crippen LogP contribution >= 0.6 is 0 Å². The van der Waals surface area contributed by atoms with Crippen LogP contribution in [0.3, 0.4) is 0 Å². The Morgan fingerprint density at radius 2 is 1.17 bits per heavy atom. The summed E-state index contributed by atoms with van der Waals surface area (Å²) in [6.45, 7) is 0. The van der Waals surface area contributed by atoms with E-state index < -0.39 is 0 Å². The normalized spacial score (nSPS) is 11.4. The number of hydrogen-bond acceptors (Lipinski definition) is 3. The Kier molecular flexibility index (Phi) is 7.16. The van der Waals surface area contributed by atoms with Gasteiger partial charge in [-0.25, -0.2) is 0 Å². The van der Waals surface area contributed by atoms with Crippen LogP contribution in [0.2, 0.25) is 0 Å². The van der Waals surface area contributed by atoms with Crippen LogP contribution in [0.4, 0.5) is 17.1 Å². The van der Waals surface area contributed by atoms with E-state index in [1.807, 2.05) is 30.3 Å². The van der Waals surface area contributed by atoms with Gasteiger partial charge in [0.2, 0.25) is 0 Å². The molecule has 2 heterocycles. The Morgan fingerprint density at radius 1 is 0.491 bits per heavy atom. The second-order valence-electron chi connectivity index (χ2n) is 13.3. The maximum atomic E-state index is 9.66. The van der Waals surface area contributed by atoms with E-state index in [4.69, 9.17) is 4.42 Å². The van der Waals surface area contributed by atoms with Crippen LogP contribution in [0.5, 0.6) is 0 Å². The highest BCUT2D eigenvalue weighted by atomic mass is 16.3. The standard InChI is InChI=1S/C49H31N3O/c50-32-33-12-9-13-35(30-33)36-26-29-44-43(31-36)48-45(21-11-22-46(48)52(44)38-16-5-2-6-17-38)51(37-14-3-1-4-15-37)39-27-24-34(25-28-39)40-19-10-20-42-41-18-7-8-23-47(41)53-49(40)42/h1-31H. The number of anilines is 3. The number of benzene rings is 8. The van der Waals surface area contributed by atoms with Crippen molar-refractivity contribution < 1.29 is 4.42 Å². The van der Waals surface area contributed by atoms with Crippen molar-refractivity contribution in [3.05, 3.63) is 194 Å². The number of nitrogens with zero attached hydrogens (tertiary/aromatic N) is 3. The summed E-state index contributed by atoms with van der Waals surface area (Å²) in [5.74, 6) is 0. The third-order valence-corrected chi connectivity index (χ3v) is 10.2. The van der Waals surface area contributed by atoms with Gasteiger partial charge < -0.3 is 13.9 Å². The van der Waals surface area contributed by atoms with Gasteiger partial charge in [0.25, 0.3) is 0 Å². The summed E-state index contributed by atoms with van der Waals surface area (Å²) >= 11 is 0. The predicted octanol–water partition coefficient (Wildman–Crippen LogP) is 13.4. The van der Waals surface area contributed by atoms with Gasteiger partial charge in [-0.05, 0) is 95.6 Å². The van der Waals surface area contributed by atoms with Gasteiger partial charge in [-0.1, -0.05) is 109 Å². The molecule has 4 nitrogen and oxygen atoms in total. The summed E-state index contributed by atoms with van der Waals surface area (Å²) in [6.07, 6.45) is 0. The largest absolute Gasteiger partial charge is 0.455 e. The Bertz CT molecular complexity index is 3000. The van der Waals surface area contributed by atoms with Crippen molar-refractivity contribution in [2.75, 3.05) is 4.90 Å². The third-order valence-electron chi connectivity index (χ3n) is 10.2. The molecule has 248 valence electrons. The average molecular weight is 678 g/mol. The lowest BCUT2D eigenvalue weighted by Crippen LogP contribution is -2.10. The zero-order chi connectivity index (χ0) is 35.3. The molecule has 0 radical (unpaired) electrons. The lowest BCUT2D eigenvalue weighted by atomic mass is 10.00. The molecule has 4 heteroatoms. The summed E-state index contributed by atoms with van der Waals surface area (Å²) in [5, 5.41) is 14.2. The van der Waals surface area contributed by atoms with E-state index >= 15 is 0 Å². The van der Waals surface area contributed by atoms with E-state index in [0.717, 1.165) is 88.7 Å². The summed E-state index contributed by atoms with van der Waals surface area (Å²) in [4.78, 5) is 2.35. The fraction of sp³-hybridized carbons (Fsp3) is 0. The second kappa shape index (κ2) is 12.5. The van der Waals surface area contributed by atoms with E-state index in [-0.39, 0.29) is 0 Å². The number of para-hydroxylation sites is 4. The number of nitriles is 1. The first-order valence-electron chi connectivity index (χ1n) is 17.7. The molecule has 0 N–H and O–H groups in total. The molecule has 0 fully saturated rings. The van der Waals surface area contributed by atoms with Crippen molar-refractivity contribution in [3.8, 4) is 34.0 Å². The third kappa shape index (κ3) is 5.06. The van der Waals surface area contributed by atoms with Crippen molar-refractivity contribution in [2.24, 2.45) is 0 Å². The molecule has 0 aliphatic carbocycles. The number of furan rings is 1. The molecule has 0 bridgehead atoms.